The average Bonchev–Trinajstić information content (AvgIpc) is 3.14. The number of esters is 1. The van der Waals surface area contributed by atoms with E-state index in [-0.39, 0.29) is 24.8 Å². The molecular weight excluding hydrogens is 490 g/mol. The van der Waals surface area contributed by atoms with Gasteiger partial charge in [0.1, 0.15) is 11.8 Å². The van der Waals surface area contributed by atoms with Gasteiger partial charge in [-0.2, -0.15) is 0 Å². The second-order valence-corrected chi connectivity index (χ2v) is 8.70. The van der Waals surface area contributed by atoms with Crippen LogP contribution >= 0.6 is 12.2 Å². The SMILES string of the molecule is CCOC(=O)c1ccc(NC(=O)C[C@H]2C(=O)N(c3ccccc3)C(=S)N2Cc2ccc(OC)cc2)cc1. The fourth-order valence-electron chi connectivity index (χ4n) is 4.05. The molecule has 0 radical (unpaired) electrons. The highest BCUT2D eigenvalue weighted by Gasteiger charge is 2.44. The molecule has 1 N–H and O–H groups in total. The molecule has 8 nitrogen and oxygen atoms in total. The summed E-state index contributed by atoms with van der Waals surface area (Å²) in [6.07, 6.45) is -0.0991. The molecule has 0 spiro atoms. The van der Waals surface area contributed by atoms with E-state index in [0.29, 0.717) is 28.6 Å². The van der Waals surface area contributed by atoms with Crippen molar-refractivity contribution in [1.29, 1.82) is 0 Å². The van der Waals surface area contributed by atoms with E-state index >= 15 is 0 Å². The first kappa shape index (κ1) is 25.8. The van der Waals surface area contributed by atoms with E-state index in [9.17, 15) is 14.4 Å². The summed E-state index contributed by atoms with van der Waals surface area (Å²) in [5.41, 5.74) is 2.47. The number of amides is 2. The van der Waals surface area contributed by atoms with Crippen molar-refractivity contribution in [2.75, 3.05) is 23.9 Å². The molecule has 1 heterocycles. The minimum absolute atomic E-state index is 0.0991. The van der Waals surface area contributed by atoms with Crippen molar-refractivity contribution in [2.24, 2.45) is 0 Å². The van der Waals surface area contributed by atoms with Crippen molar-refractivity contribution >= 4 is 46.5 Å². The summed E-state index contributed by atoms with van der Waals surface area (Å²) in [4.78, 5) is 41.7. The first-order valence-electron chi connectivity index (χ1n) is 11.8. The number of hydrogen-bond donors (Lipinski definition) is 1. The van der Waals surface area contributed by atoms with Crippen molar-refractivity contribution in [3.8, 4) is 5.75 Å². The maximum atomic E-state index is 13.5. The number of hydrogen-bond acceptors (Lipinski definition) is 6. The molecule has 9 heteroatoms. The van der Waals surface area contributed by atoms with Crippen LogP contribution in [0.25, 0.3) is 0 Å². The maximum absolute atomic E-state index is 13.5. The second-order valence-electron chi connectivity index (χ2n) is 8.33. The Bertz CT molecular complexity index is 1280. The van der Waals surface area contributed by atoms with Crippen LogP contribution in [-0.2, 0) is 20.9 Å². The molecule has 2 amide bonds. The quantitative estimate of drug-likeness (QED) is 0.332. The van der Waals surface area contributed by atoms with E-state index < -0.39 is 12.0 Å². The van der Waals surface area contributed by atoms with Crippen molar-refractivity contribution in [2.45, 2.75) is 25.9 Å². The average molecular weight is 518 g/mol. The number of ether oxygens (including phenoxy) is 2. The Morgan fingerprint density at radius 3 is 2.27 bits per heavy atom. The zero-order valence-corrected chi connectivity index (χ0v) is 21.4. The zero-order valence-electron chi connectivity index (χ0n) is 20.5. The molecule has 1 aliphatic heterocycles. The van der Waals surface area contributed by atoms with Crippen molar-refractivity contribution in [3.63, 3.8) is 0 Å². The predicted molar refractivity (Wildman–Crippen MR) is 144 cm³/mol. The second kappa shape index (κ2) is 11.7. The number of nitrogens with zero attached hydrogens (tertiary/aromatic N) is 2. The Hall–Kier alpha value is -4.24. The van der Waals surface area contributed by atoms with E-state index in [2.05, 4.69) is 5.32 Å². The first-order valence-corrected chi connectivity index (χ1v) is 12.2. The molecule has 0 aliphatic carbocycles. The third-order valence-corrected chi connectivity index (χ3v) is 6.32. The summed E-state index contributed by atoms with van der Waals surface area (Å²) < 4.78 is 10.2. The summed E-state index contributed by atoms with van der Waals surface area (Å²) in [5.74, 6) is -0.322. The van der Waals surface area contributed by atoms with Gasteiger partial charge in [0, 0.05) is 12.2 Å². The number of carbonyl (C=O) groups excluding carboxylic acids is 3. The number of anilines is 2. The summed E-state index contributed by atoms with van der Waals surface area (Å²) in [5, 5.41) is 3.14. The topological polar surface area (TPSA) is 88.2 Å². The minimum atomic E-state index is -0.784. The van der Waals surface area contributed by atoms with Gasteiger partial charge in [-0.1, -0.05) is 30.3 Å². The van der Waals surface area contributed by atoms with Crippen molar-refractivity contribution < 1.29 is 23.9 Å². The molecule has 0 aromatic heterocycles. The van der Waals surface area contributed by atoms with Crippen LogP contribution in [0, 0.1) is 0 Å². The van der Waals surface area contributed by atoms with Gasteiger partial charge < -0.3 is 19.7 Å². The summed E-state index contributed by atoms with van der Waals surface area (Å²) >= 11 is 5.72. The summed E-state index contributed by atoms with van der Waals surface area (Å²) in [6.45, 7) is 2.37. The molecule has 3 aromatic carbocycles. The van der Waals surface area contributed by atoms with Gasteiger partial charge in [0.25, 0.3) is 5.91 Å². The monoisotopic (exact) mass is 517 g/mol. The predicted octanol–water partition coefficient (Wildman–Crippen LogP) is 4.40. The maximum Gasteiger partial charge on any atom is 0.338 e. The molecule has 1 fully saturated rings. The van der Waals surface area contributed by atoms with Gasteiger partial charge >= 0.3 is 5.97 Å². The molecule has 4 rings (SSSR count). The van der Waals surface area contributed by atoms with Crippen LogP contribution in [0.4, 0.5) is 11.4 Å². The lowest BCUT2D eigenvalue weighted by Crippen LogP contribution is -2.37. The third kappa shape index (κ3) is 5.95. The van der Waals surface area contributed by atoms with Gasteiger partial charge in [0.15, 0.2) is 5.11 Å². The van der Waals surface area contributed by atoms with E-state index in [1.54, 1.807) is 43.2 Å². The molecule has 3 aromatic rings. The van der Waals surface area contributed by atoms with Gasteiger partial charge in [0.05, 0.1) is 31.4 Å². The molecule has 0 saturated carbocycles. The Morgan fingerprint density at radius 1 is 0.973 bits per heavy atom. The molecule has 1 atom stereocenters. The molecule has 0 unspecified atom stereocenters. The number of carbonyl (C=O) groups is 3. The lowest BCUT2D eigenvalue weighted by Gasteiger charge is -2.24. The summed E-state index contributed by atoms with van der Waals surface area (Å²) in [7, 11) is 1.60. The van der Waals surface area contributed by atoms with Crippen LogP contribution in [0.3, 0.4) is 0 Å². The van der Waals surface area contributed by atoms with Crippen molar-refractivity contribution in [3.05, 3.63) is 90.0 Å². The highest BCUT2D eigenvalue weighted by molar-refractivity contribution is 7.80. The number of rotatable bonds is 9. The fourth-order valence-corrected chi connectivity index (χ4v) is 4.43. The van der Waals surface area contributed by atoms with Crippen LogP contribution in [-0.4, -0.2) is 47.6 Å². The highest BCUT2D eigenvalue weighted by Crippen LogP contribution is 2.29. The van der Waals surface area contributed by atoms with Crippen LogP contribution in [0.5, 0.6) is 5.75 Å². The molecule has 37 heavy (non-hydrogen) atoms. The number of nitrogens with one attached hydrogen (secondary N) is 1. The number of benzene rings is 3. The third-order valence-electron chi connectivity index (χ3n) is 5.90. The van der Waals surface area contributed by atoms with Gasteiger partial charge in [-0.15, -0.1) is 0 Å². The zero-order chi connectivity index (χ0) is 26.4. The standard InChI is InChI=1S/C28H27N3O5S/c1-3-36-27(34)20-11-13-21(14-12-20)29-25(32)17-24-26(33)31(22-7-5-4-6-8-22)28(37)30(24)18-19-9-15-23(35-2)16-10-19/h4-16,24H,3,17-18H2,1-2H3,(H,29,32)/t24-/m0/s1. The van der Waals surface area contributed by atoms with E-state index in [4.69, 9.17) is 21.7 Å². The van der Waals surface area contributed by atoms with Crippen LogP contribution in [0.2, 0.25) is 0 Å². The van der Waals surface area contributed by atoms with Crippen LogP contribution in [0.15, 0.2) is 78.9 Å². The Balaban J connectivity index is 1.53. The largest absolute Gasteiger partial charge is 0.497 e. The lowest BCUT2D eigenvalue weighted by atomic mass is 10.1. The number of para-hydroxylation sites is 1. The van der Waals surface area contributed by atoms with E-state index in [0.717, 1.165) is 11.3 Å². The molecule has 1 aliphatic rings. The lowest BCUT2D eigenvalue weighted by molar-refractivity contribution is -0.124. The van der Waals surface area contributed by atoms with Crippen LogP contribution in [0.1, 0.15) is 29.3 Å². The molecule has 1 saturated heterocycles. The van der Waals surface area contributed by atoms with E-state index in [1.807, 2.05) is 54.6 Å². The molecular formula is C28H27N3O5S. The van der Waals surface area contributed by atoms with Gasteiger partial charge in [-0.3, -0.25) is 14.5 Å². The fraction of sp³-hybridized carbons (Fsp3) is 0.214. The molecule has 0 bridgehead atoms. The normalized spacial score (nSPS) is 15.0. The van der Waals surface area contributed by atoms with Crippen molar-refractivity contribution in [1.82, 2.24) is 4.90 Å². The first-order chi connectivity index (χ1) is 17.9. The van der Waals surface area contributed by atoms with Gasteiger partial charge in [-0.05, 0) is 73.2 Å². The van der Waals surface area contributed by atoms with E-state index in [1.165, 1.54) is 4.90 Å². The summed E-state index contributed by atoms with van der Waals surface area (Å²) in [6, 6.07) is 22.2. The molecule has 190 valence electrons. The smallest absolute Gasteiger partial charge is 0.338 e. The van der Waals surface area contributed by atoms with Gasteiger partial charge in [0.2, 0.25) is 5.91 Å². The Morgan fingerprint density at radius 2 is 1.65 bits per heavy atom. The number of thiocarbonyl (C=S) groups is 1. The minimum Gasteiger partial charge on any atom is -0.497 e. The number of methoxy groups -OCH3 is 1. The van der Waals surface area contributed by atoms with Crippen LogP contribution < -0.4 is 15.0 Å². The van der Waals surface area contributed by atoms with Gasteiger partial charge in [-0.25, -0.2) is 4.79 Å². The highest BCUT2D eigenvalue weighted by atomic mass is 32.1. The Kier molecular flexibility index (Phi) is 8.15. The Labute approximate surface area is 220 Å².